The van der Waals surface area contributed by atoms with Crippen LogP contribution in [-0.4, -0.2) is 19.7 Å². The average molecular weight is 238 g/mol. The highest BCUT2D eigenvalue weighted by Gasteiger charge is 2.04. The van der Waals surface area contributed by atoms with Gasteiger partial charge in [-0.1, -0.05) is 0 Å². The molecule has 0 spiro atoms. The third kappa shape index (κ3) is 4.14. The molecule has 0 bridgehead atoms. The molecule has 0 saturated heterocycles. The van der Waals surface area contributed by atoms with Gasteiger partial charge in [0, 0.05) is 13.0 Å². The van der Waals surface area contributed by atoms with Crippen LogP contribution in [0.3, 0.4) is 0 Å². The second-order valence-electron chi connectivity index (χ2n) is 3.37. The van der Waals surface area contributed by atoms with Gasteiger partial charge >= 0.3 is 11.6 Å². The smallest absolute Gasteiger partial charge is 0.339 e. The number of ether oxygens (including phenoxy) is 2. The van der Waals surface area contributed by atoms with Crippen molar-refractivity contribution in [2.45, 2.75) is 13.8 Å². The Hall–Kier alpha value is -2.04. The Balaban J connectivity index is 2.87. The van der Waals surface area contributed by atoms with Gasteiger partial charge in [0.05, 0.1) is 13.2 Å². The minimum Gasteiger partial charge on any atom is -0.496 e. The SMILES string of the molecule is COc1cc(/C(C)=C\COC(C)=O)oc(=O)c1. The lowest BCUT2D eigenvalue weighted by Crippen LogP contribution is -2.01. The van der Waals surface area contributed by atoms with Crippen LogP contribution in [0.15, 0.2) is 27.4 Å². The zero-order valence-electron chi connectivity index (χ0n) is 9.98. The number of hydrogen-bond donors (Lipinski definition) is 0. The highest BCUT2D eigenvalue weighted by molar-refractivity contribution is 5.66. The van der Waals surface area contributed by atoms with E-state index in [0.717, 1.165) is 0 Å². The average Bonchev–Trinajstić information content (AvgIpc) is 2.27. The van der Waals surface area contributed by atoms with Gasteiger partial charge in [-0.15, -0.1) is 0 Å². The molecule has 0 amide bonds. The summed E-state index contributed by atoms with van der Waals surface area (Å²) in [5, 5.41) is 0. The summed E-state index contributed by atoms with van der Waals surface area (Å²) in [7, 11) is 1.47. The summed E-state index contributed by atoms with van der Waals surface area (Å²) in [6, 6.07) is 2.85. The van der Waals surface area contributed by atoms with Crippen LogP contribution in [0.4, 0.5) is 0 Å². The van der Waals surface area contributed by atoms with Crippen molar-refractivity contribution in [3.63, 3.8) is 0 Å². The zero-order valence-corrected chi connectivity index (χ0v) is 9.98. The predicted octanol–water partition coefficient (Wildman–Crippen LogP) is 1.61. The lowest BCUT2D eigenvalue weighted by Gasteiger charge is -2.03. The van der Waals surface area contributed by atoms with E-state index in [1.807, 2.05) is 0 Å². The molecule has 0 radical (unpaired) electrons. The summed E-state index contributed by atoms with van der Waals surface area (Å²) in [4.78, 5) is 21.8. The molecule has 0 aliphatic carbocycles. The van der Waals surface area contributed by atoms with Crippen LogP contribution in [0, 0.1) is 0 Å². The van der Waals surface area contributed by atoms with E-state index in [4.69, 9.17) is 13.9 Å². The van der Waals surface area contributed by atoms with Gasteiger partial charge in [-0.2, -0.15) is 0 Å². The van der Waals surface area contributed by atoms with Crippen molar-refractivity contribution in [1.29, 1.82) is 0 Å². The monoisotopic (exact) mass is 238 g/mol. The van der Waals surface area contributed by atoms with Crippen LogP contribution in [0.5, 0.6) is 5.75 Å². The van der Waals surface area contributed by atoms with E-state index in [0.29, 0.717) is 17.1 Å². The maximum atomic E-state index is 11.2. The summed E-state index contributed by atoms with van der Waals surface area (Å²) in [6.07, 6.45) is 1.65. The van der Waals surface area contributed by atoms with Crippen LogP contribution in [-0.2, 0) is 9.53 Å². The molecule has 0 N–H and O–H groups in total. The third-order valence-corrected chi connectivity index (χ3v) is 2.04. The first-order valence-corrected chi connectivity index (χ1v) is 5.02. The fraction of sp³-hybridized carbons (Fsp3) is 0.333. The maximum Gasteiger partial charge on any atom is 0.339 e. The zero-order chi connectivity index (χ0) is 12.8. The van der Waals surface area contributed by atoms with Crippen LogP contribution < -0.4 is 10.4 Å². The van der Waals surface area contributed by atoms with E-state index in [9.17, 15) is 9.59 Å². The van der Waals surface area contributed by atoms with Crippen molar-refractivity contribution in [2.75, 3.05) is 13.7 Å². The van der Waals surface area contributed by atoms with Crippen molar-refractivity contribution in [2.24, 2.45) is 0 Å². The normalized spacial score (nSPS) is 11.1. The minimum atomic E-state index is -0.486. The van der Waals surface area contributed by atoms with Gasteiger partial charge in [0.1, 0.15) is 18.1 Å². The molecule has 0 aliphatic rings. The lowest BCUT2D eigenvalue weighted by atomic mass is 10.2. The molecule has 1 rings (SSSR count). The van der Waals surface area contributed by atoms with E-state index in [1.165, 1.54) is 20.1 Å². The number of methoxy groups -OCH3 is 1. The van der Waals surface area contributed by atoms with E-state index in [1.54, 1.807) is 19.1 Å². The number of carbonyl (C=O) groups excluding carboxylic acids is 1. The van der Waals surface area contributed by atoms with Gasteiger partial charge < -0.3 is 13.9 Å². The van der Waals surface area contributed by atoms with Crippen LogP contribution in [0.1, 0.15) is 19.6 Å². The first kappa shape index (κ1) is 13.0. The molecular formula is C12H14O5. The fourth-order valence-electron chi connectivity index (χ4n) is 1.15. The van der Waals surface area contributed by atoms with E-state index in [-0.39, 0.29) is 12.6 Å². The van der Waals surface area contributed by atoms with Gasteiger partial charge in [-0.05, 0) is 18.6 Å². The second kappa shape index (κ2) is 5.89. The van der Waals surface area contributed by atoms with E-state index >= 15 is 0 Å². The summed E-state index contributed by atoms with van der Waals surface area (Å²) >= 11 is 0. The van der Waals surface area contributed by atoms with Gasteiger partial charge in [-0.3, -0.25) is 4.79 Å². The second-order valence-corrected chi connectivity index (χ2v) is 3.37. The van der Waals surface area contributed by atoms with E-state index in [2.05, 4.69) is 0 Å². The fourth-order valence-corrected chi connectivity index (χ4v) is 1.15. The summed E-state index contributed by atoms with van der Waals surface area (Å²) < 4.78 is 14.7. The predicted molar refractivity (Wildman–Crippen MR) is 61.8 cm³/mol. The Morgan fingerprint density at radius 1 is 1.41 bits per heavy atom. The highest BCUT2D eigenvalue weighted by Crippen LogP contribution is 2.17. The molecule has 0 fully saturated rings. The standard InChI is InChI=1S/C12H14O5/c1-8(4-5-16-9(2)13)11-6-10(15-3)7-12(14)17-11/h4,6-7H,5H2,1-3H3/b8-4-. The number of rotatable bonds is 4. The van der Waals surface area contributed by atoms with Gasteiger partial charge in [0.25, 0.3) is 0 Å². The van der Waals surface area contributed by atoms with Gasteiger partial charge in [0.15, 0.2) is 0 Å². The maximum absolute atomic E-state index is 11.2. The van der Waals surface area contributed by atoms with Gasteiger partial charge in [0.2, 0.25) is 0 Å². The number of carbonyl (C=O) groups is 1. The van der Waals surface area contributed by atoms with Crippen molar-refractivity contribution >= 4 is 11.5 Å². The highest BCUT2D eigenvalue weighted by atomic mass is 16.5. The largest absolute Gasteiger partial charge is 0.496 e. The Labute approximate surface area is 98.7 Å². The lowest BCUT2D eigenvalue weighted by molar-refractivity contribution is -0.139. The van der Waals surface area contributed by atoms with Crippen molar-refractivity contribution in [3.8, 4) is 5.75 Å². The molecule has 0 aromatic carbocycles. The van der Waals surface area contributed by atoms with Crippen molar-refractivity contribution < 1.29 is 18.7 Å². The quantitative estimate of drug-likeness (QED) is 0.745. The van der Waals surface area contributed by atoms with Crippen LogP contribution in [0.25, 0.3) is 5.57 Å². The Morgan fingerprint density at radius 2 is 2.12 bits per heavy atom. The molecule has 0 aliphatic heterocycles. The summed E-state index contributed by atoms with van der Waals surface area (Å²) in [5.74, 6) is 0.458. The first-order valence-electron chi connectivity index (χ1n) is 5.02. The van der Waals surface area contributed by atoms with Crippen molar-refractivity contribution in [3.05, 3.63) is 34.4 Å². The number of allylic oxidation sites excluding steroid dienone is 1. The Morgan fingerprint density at radius 3 is 2.71 bits per heavy atom. The molecule has 1 aromatic rings. The molecule has 0 saturated carbocycles. The molecule has 92 valence electrons. The molecule has 0 atom stereocenters. The van der Waals surface area contributed by atoms with Gasteiger partial charge in [-0.25, -0.2) is 4.79 Å². The molecule has 17 heavy (non-hydrogen) atoms. The summed E-state index contributed by atoms with van der Waals surface area (Å²) in [5.41, 5.74) is 0.210. The van der Waals surface area contributed by atoms with E-state index < -0.39 is 5.63 Å². The Kier molecular flexibility index (Phi) is 4.51. The van der Waals surface area contributed by atoms with Crippen LogP contribution >= 0.6 is 0 Å². The minimum absolute atomic E-state index is 0.141. The number of esters is 1. The molecular weight excluding hydrogens is 224 g/mol. The first-order chi connectivity index (χ1) is 8.02. The Bertz CT molecular complexity index is 484. The summed E-state index contributed by atoms with van der Waals surface area (Å²) in [6.45, 7) is 3.22. The third-order valence-electron chi connectivity index (χ3n) is 2.04. The number of hydrogen-bond acceptors (Lipinski definition) is 5. The molecule has 1 heterocycles. The topological polar surface area (TPSA) is 65.7 Å². The van der Waals surface area contributed by atoms with Crippen molar-refractivity contribution in [1.82, 2.24) is 0 Å². The molecule has 1 aromatic heterocycles. The van der Waals surface area contributed by atoms with Crippen LogP contribution in [0.2, 0.25) is 0 Å². The molecule has 5 heteroatoms. The molecule has 5 nitrogen and oxygen atoms in total. The molecule has 0 unspecified atom stereocenters.